The van der Waals surface area contributed by atoms with E-state index in [-0.39, 0.29) is 0 Å². The maximum absolute atomic E-state index is 13.8. The molecule has 0 spiro atoms. The van der Waals surface area contributed by atoms with Crippen molar-refractivity contribution >= 4 is 17.8 Å². The average Bonchev–Trinajstić information content (AvgIpc) is 2.56. The molecule has 0 radical (unpaired) electrons. The van der Waals surface area contributed by atoms with Gasteiger partial charge in [0.15, 0.2) is 0 Å². The minimum absolute atomic E-state index is 0.615. The van der Waals surface area contributed by atoms with Gasteiger partial charge in [0, 0.05) is 16.8 Å². The molecule has 0 saturated carbocycles. The second-order valence-electron chi connectivity index (χ2n) is 5.41. The van der Waals surface area contributed by atoms with E-state index < -0.39 is 7.14 Å². The molecule has 0 saturated heterocycles. The van der Waals surface area contributed by atoms with Crippen molar-refractivity contribution in [3.8, 4) is 11.1 Å². The van der Waals surface area contributed by atoms with Gasteiger partial charge in [-0.2, -0.15) is 0 Å². The first-order valence-corrected chi connectivity index (χ1v) is 9.01. The van der Waals surface area contributed by atoms with Crippen molar-refractivity contribution in [2.24, 2.45) is 0 Å². The second kappa shape index (κ2) is 4.72. The van der Waals surface area contributed by atoms with Gasteiger partial charge in [0.2, 0.25) is 0 Å². The number of rotatable bonds is 1. The molecule has 1 aliphatic rings. The molecule has 3 aromatic rings. The van der Waals surface area contributed by atoms with Gasteiger partial charge in [-0.1, -0.05) is 78.9 Å². The average molecular weight is 290 g/mol. The van der Waals surface area contributed by atoms with E-state index in [9.17, 15) is 4.57 Å². The predicted octanol–water partition coefficient (Wildman–Crippen LogP) is 4.18. The zero-order valence-corrected chi connectivity index (χ0v) is 12.5. The predicted molar refractivity (Wildman–Crippen MR) is 88.9 cm³/mol. The van der Waals surface area contributed by atoms with Crippen molar-refractivity contribution in [3.05, 3.63) is 84.4 Å². The molecule has 0 N–H and O–H groups in total. The molecule has 4 rings (SSSR count). The Kier molecular flexibility index (Phi) is 2.83. The van der Waals surface area contributed by atoms with Crippen LogP contribution in [0.15, 0.2) is 78.9 Å². The van der Waals surface area contributed by atoms with Gasteiger partial charge in [0.05, 0.1) is 0 Å². The van der Waals surface area contributed by atoms with Crippen LogP contribution in [0.25, 0.3) is 11.1 Å². The van der Waals surface area contributed by atoms with E-state index in [1.54, 1.807) is 0 Å². The van der Waals surface area contributed by atoms with Gasteiger partial charge in [-0.25, -0.2) is 0 Å². The smallest absolute Gasteiger partial charge is 0.148 e. The van der Waals surface area contributed by atoms with E-state index in [1.165, 1.54) is 11.1 Å². The SMILES string of the molecule is O=P1(c2ccccc2)Cc2ccccc2-c2ccccc21. The van der Waals surface area contributed by atoms with E-state index in [1.807, 2.05) is 60.7 Å². The van der Waals surface area contributed by atoms with Gasteiger partial charge in [0.1, 0.15) is 7.14 Å². The largest absolute Gasteiger partial charge is 0.313 e. The molecule has 3 aromatic carbocycles. The lowest BCUT2D eigenvalue weighted by atomic mass is 10.0. The van der Waals surface area contributed by atoms with Gasteiger partial charge < -0.3 is 4.57 Å². The van der Waals surface area contributed by atoms with Crippen molar-refractivity contribution in [1.82, 2.24) is 0 Å². The highest BCUT2D eigenvalue weighted by Gasteiger charge is 2.34. The highest BCUT2D eigenvalue weighted by atomic mass is 31.2. The lowest BCUT2D eigenvalue weighted by Crippen LogP contribution is -2.23. The molecular formula is C19H15OP. The Balaban J connectivity index is 2.03. The van der Waals surface area contributed by atoms with Crippen molar-refractivity contribution in [3.63, 3.8) is 0 Å². The van der Waals surface area contributed by atoms with E-state index in [0.717, 1.165) is 16.2 Å². The molecule has 0 fully saturated rings. The van der Waals surface area contributed by atoms with Gasteiger partial charge in [0.25, 0.3) is 0 Å². The van der Waals surface area contributed by atoms with E-state index in [2.05, 4.69) is 18.2 Å². The third kappa shape index (κ3) is 1.89. The van der Waals surface area contributed by atoms with Crippen LogP contribution in [0.3, 0.4) is 0 Å². The highest BCUT2D eigenvalue weighted by Crippen LogP contribution is 2.53. The Morgan fingerprint density at radius 1 is 0.667 bits per heavy atom. The van der Waals surface area contributed by atoms with Crippen LogP contribution in [0.5, 0.6) is 0 Å². The number of hydrogen-bond donors (Lipinski definition) is 0. The van der Waals surface area contributed by atoms with Crippen LogP contribution in [-0.4, -0.2) is 0 Å². The van der Waals surface area contributed by atoms with Crippen LogP contribution in [-0.2, 0) is 10.7 Å². The van der Waals surface area contributed by atoms with Crippen LogP contribution in [0.2, 0.25) is 0 Å². The summed E-state index contributed by atoms with van der Waals surface area (Å²) in [6, 6.07) is 26.3. The number of benzene rings is 3. The molecule has 1 unspecified atom stereocenters. The minimum Gasteiger partial charge on any atom is -0.313 e. The Bertz CT molecular complexity index is 852. The highest BCUT2D eigenvalue weighted by molar-refractivity contribution is 7.78. The maximum atomic E-state index is 13.8. The molecule has 0 aromatic heterocycles. The van der Waals surface area contributed by atoms with Crippen molar-refractivity contribution in [1.29, 1.82) is 0 Å². The molecule has 1 heterocycles. The summed E-state index contributed by atoms with van der Waals surface area (Å²) >= 11 is 0. The zero-order valence-electron chi connectivity index (χ0n) is 11.6. The fourth-order valence-electron chi connectivity index (χ4n) is 3.16. The Hall–Kier alpha value is -2.11. The van der Waals surface area contributed by atoms with Crippen molar-refractivity contribution in [2.75, 3.05) is 0 Å². The first-order valence-electron chi connectivity index (χ1n) is 7.11. The summed E-state index contributed by atoms with van der Waals surface area (Å²) in [5.74, 6) is 0. The molecule has 1 atom stereocenters. The van der Waals surface area contributed by atoms with Crippen molar-refractivity contribution in [2.45, 2.75) is 6.16 Å². The molecule has 0 bridgehead atoms. The Labute approximate surface area is 124 Å². The maximum Gasteiger partial charge on any atom is 0.148 e. The molecule has 0 aliphatic carbocycles. The molecule has 0 amide bonds. The normalized spacial score (nSPS) is 19.6. The summed E-state index contributed by atoms with van der Waals surface area (Å²) in [5, 5.41) is 1.95. The third-order valence-electron chi connectivity index (χ3n) is 4.17. The Morgan fingerprint density at radius 2 is 1.29 bits per heavy atom. The van der Waals surface area contributed by atoms with Crippen LogP contribution in [0.4, 0.5) is 0 Å². The quantitative estimate of drug-likeness (QED) is 0.614. The second-order valence-corrected chi connectivity index (χ2v) is 8.20. The molecule has 1 aliphatic heterocycles. The molecule has 2 heteroatoms. The lowest BCUT2D eigenvalue weighted by molar-refractivity contribution is 0.586. The molecule has 1 nitrogen and oxygen atoms in total. The van der Waals surface area contributed by atoms with Gasteiger partial charge in [-0.15, -0.1) is 0 Å². The van der Waals surface area contributed by atoms with Crippen LogP contribution < -0.4 is 10.6 Å². The minimum atomic E-state index is -2.59. The van der Waals surface area contributed by atoms with E-state index in [0.29, 0.717) is 6.16 Å². The summed E-state index contributed by atoms with van der Waals surface area (Å²) in [6.07, 6.45) is 0.615. The Morgan fingerprint density at radius 3 is 2.10 bits per heavy atom. The van der Waals surface area contributed by atoms with Gasteiger partial charge >= 0.3 is 0 Å². The standard InChI is InChI=1S/C19H15OP/c20-21(16-9-2-1-3-10-16)14-15-8-4-5-11-17(15)18-12-6-7-13-19(18)21/h1-13H,14H2. The lowest BCUT2D eigenvalue weighted by Gasteiger charge is -2.28. The van der Waals surface area contributed by atoms with E-state index >= 15 is 0 Å². The number of hydrogen-bond acceptors (Lipinski definition) is 1. The van der Waals surface area contributed by atoms with E-state index in [4.69, 9.17) is 0 Å². The number of fused-ring (bicyclic) bond motifs is 3. The van der Waals surface area contributed by atoms with Crippen molar-refractivity contribution < 1.29 is 4.57 Å². The molecule has 102 valence electrons. The third-order valence-corrected chi connectivity index (χ3v) is 7.25. The fraction of sp³-hybridized carbons (Fsp3) is 0.0526. The van der Waals surface area contributed by atoms with Gasteiger partial charge in [-0.05, 0) is 16.7 Å². The van der Waals surface area contributed by atoms with Gasteiger partial charge in [-0.3, -0.25) is 0 Å². The van der Waals surface area contributed by atoms with Crippen LogP contribution in [0.1, 0.15) is 5.56 Å². The fourth-order valence-corrected chi connectivity index (χ4v) is 6.11. The summed E-state index contributed by atoms with van der Waals surface area (Å²) < 4.78 is 13.8. The topological polar surface area (TPSA) is 17.1 Å². The van der Waals surface area contributed by atoms with Crippen LogP contribution >= 0.6 is 7.14 Å². The first kappa shape index (κ1) is 12.6. The first-order chi connectivity index (χ1) is 10.3. The summed E-state index contributed by atoms with van der Waals surface area (Å²) in [4.78, 5) is 0. The summed E-state index contributed by atoms with van der Waals surface area (Å²) in [6.45, 7) is 0. The molecular weight excluding hydrogens is 275 g/mol. The van der Waals surface area contributed by atoms with Crippen LogP contribution in [0, 0.1) is 0 Å². The summed E-state index contributed by atoms with van der Waals surface area (Å²) in [5.41, 5.74) is 3.52. The monoisotopic (exact) mass is 290 g/mol. The summed E-state index contributed by atoms with van der Waals surface area (Å²) in [7, 11) is -2.59. The molecule has 21 heavy (non-hydrogen) atoms. The zero-order chi connectivity index (χ0) is 14.3.